The summed E-state index contributed by atoms with van der Waals surface area (Å²) in [5.41, 5.74) is 1.02. The molecule has 4 aromatic rings. The molecule has 0 unspecified atom stereocenters. The number of aromatic nitrogens is 1. The maximum absolute atomic E-state index is 13.2. The number of pyridine rings is 1. The van der Waals surface area contributed by atoms with E-state index in [9.17, 15) is 15.0 Å². The molecule has 7 heteroatoms. The highest BCUT2D eigenvalue weighted by Gasteiger charge is 2.17. The number of aromatic hydroxyl groups is 2. The van der Waals surface area contributed by atoms with Gasteiger partial charge in [-0.05, 0) is 42.5 Å². The van der Waals surface area contributed by atoms with Crippen LogP contribution in [0.5, 0.6) is 23.1 Å². The lowest BCUT2D eigenvalue weighted by Gasteiger charge is -2.15. The standard InChI is InChI=1S/C24H20N2O5/c1-30-21-12-9-16(13-22(21)31-2)26-23(28)19-6-4-3-5-18(19)20(24(26)29)14-25-15-7-10-17(27)11-8-15/h3-14,27,29H,1-2H3. The second-order valence-corrected chi connectivity index (χ2v) is 6.74. The summed E-state index contributed by atoms with van der Waals surface area (Å²) in [4.78, 5) is 17.6. The summed E-state index contributed by atoms with van der Waals surface area (Å²) in [7, 11) is 3.02. The maximum Gasteiger partial charge on any atom is 0.265 e. The number of phenolic OH excluding ortho intramolecular Hbond substituents is 1. The molecule has 1 aromatic heterocycles. The van der Waals surface area contributed by atoms with Gasteiger partial charge in [-0.1, -0.05) is 18.2 Å². The van der Waals surface area contributed by atoms with Crippen molar-refractivity contribution in [2.45, 2.75) is 0 Å². The average molecular weight is 416 g/mol. The van der Waals surface area contributed by atoms with Crippen LogP contribution in [0.15, 0.2) is 76.5 Å². The zero-order valence-electron chi connectivity index (χ0n) is 16.9. The van der Waals surface area contributed by atoms with Gasteiger partial charge in [0.1, 0.15) is 5.75 Å². The number of phenols is 1. The predicted molar refractivity (Wildman–Crippen MR) is 120 cm³/mol. The molecule has 0 amide bonds. The van der Waals surface area contributed by atoms with Gasteiger partial charge in [0.15, 0.2) is 11.5 Å². The van der Waals surface area contributed by atoms with Gasteiger partial charge in [0.05, 0.1) is 31.2 Å². The quantitative estimate of drug-likeness (QED) is 0.476. The van der Waals surface area contributed by atoms with Crippen molar-refractivity contribution in [3.05, 3.63) is 82.6 Å². The Bertz CT molecular complexity index is 1340. The van der Waals surface area contributed by atoms with Gasteiger partial charge in [-0.15, -0.1) is 0 Å². The van der Waals surface area contributed by atoms with Crippen LogP contribution in [-0.2, 0) is 0 Å². The predicted octanol–water partition coefficient (Wildman–Crippen LogP) is 4.17. The number of benzene rings is 3. The van der Waals surface area contributed by atoms with E-state index in [0.29, 0.717) is 39.2 Å². The number of methoxy groups -OCH3 is 2. The molecule has 1 heterocycles. The van der Waals surface area contributed by atoms with E-state index < -0.39 is 0 Å². The minimum atomic E-state index is -0.373. The largest absolute Gasteiger partial charge is 0.508 e. The lowest BCUT2D eigenvalue weighted by Crippen LogP contribution is -2.20. The van der Waals surface area contributed by atoms with Crippen molar-refractivity contribution in [3.63, 3.8) is 0 Å². The second kappa shape index (κ2) is 8.23. The van der Waals surface area contributed by atoms with Crippen LogP contribution in [0.1, 0.15) is 5.56 Å². The van der Waals surface area contributed by atoms with Crippen molar-refractivity contribution in [1.82, 2.24) is 4.57 Å². The third-order valence-corrected chi connectivity index (χ3v) is 4.92. The van der Waals surface area contributed by atoms with Crippen molar-refractivity contribution in [2.75, 3.05) is 14.2 Å². The van der Waals surface area contributed by atoms with Crippen LogP contribution in [0, 0.1) is 0 Å². The van der Waals surface area contributed by atoms with Gasteiger partial charge in [-0.2, -0.15) is 0 Å². The molecule has 0 aliphatic rings. The van der Waals surface area contributed by atoms with Crippen LogP contribution in [0.25, 0.3) is 16.5 Å². The fraction of sp³-hybridized carbons (Fsp3) is 0.0833. The Kier molecular flexibility index (Phi) is 5.32. The first kappa shape index (κ1) is 20.0. The monoisotopic (exact) mass is 416 g/mol. The number of hydrogen-bond donors (Lipinski definition) is 2. The molecule has 156 valence electrons. The van der Waals surface area contributed by atoms with Gasteiger partial charge in [0, 0.05) is 23.1 Å². The van der Waals surface area contributed by atoms with E-state index >= 15 is 0 Å². The Morgan fingerprint density at radius 3 is 2.23 bits per heavy atom. The van der Waals surface area contributed by atoms with E-state index in [-0.39, 0.29) is 17.2 Å². The summed E-state index contributed by atoms with van der Waals surface area (Å²) in [6.45, 7) is 0. The molecule has 31 heavy (non-hydrogen) atoms. The van der Waals surface area contributed by atoms with E-state index in [1.807, 2.05) is 0 Å². The van der Waals surface area contributed by atoms with Crippen molar-refractivity contribution >= 4 is 22.7 Å². The number of aliphatic imine (C=N–C) groups is 1. The highest BCUT2D eigenvalue weighted by Crippen LogP contribution is 2.32. The van der Waals surface area contributed by atoms with Gasteiger partial charge >= 0.3 is 0 Å². The molecule has 0 aliphatic carbocycles. The van der Waals surface area contributed by atoms with E-state index in [1.54, 1.807) is 54.6 Å². The number of ether oxygens (including phenoxy) is 2. The normalized spacial score (nSPS) is 11.2. The van der Waals surface area contributed by atoms with E-state index in [4.69, 9.17) is 9.47 Å². The topological polar surface area (TPSA) is 93.3 Å². The van der Waals surface area contributed by atoms with Gasteiger partial charge < -0.3 is 19.7 Å². The summed E-state index contributed by atoms with van der Waals surface area (Å²) in [5.74, 6) is 0.820. The highest BCUT2D eigenvalue weighted by atomic mass is 16.5. The summed E-state index contributed by atoms with van der Waals surface area (Å²) >= 11 is 0. The molecule has 0 atom stereocenters. The van der Waals surface area contributed by atoms with Crippen LogP contribution >= 0.6 is 0 Å². The van der Waals surface area contributed by atoms with Crippen molar-refractivity contribution in [3.8, 4) is 28.8 Å². The van der Waals surface area contributed by atoms with Gasteiger partial charge in [-0.3, -0.25) is 9.79 Å². The van der Waals surface area contributed by atoms with Crippen LogP contribution in [0.4, 0.5) is 5.69 Å². The Hall–Kier alpha value is -4.26. The van der Waals surface area contributed by atoms with Crippen molar-refractivity contribution < 1.29 is 19.7 Å². The zero-order valence-corrected chi connectivity index (χ0v) is 16.9. The number of rotatable bonds is 5. The third-order valence-electron chi connectivity index (χ3n) is 4.92. The van der Waals surface area contributed by atoms with Gasteiger partial charge in [0.25, 0.3) is 5.56 Å². The van der Waals surface area contributed by atoms with Crippen LogP contribution in [-0.4, -0.2) is 35.2 Å². The molecule has 0 aliphatic heterocycles. The summed E-state index contributed by atoms with van der Waals surface area (Å²) < 4.78 is 11.8. The SMILES string of the molecule is COc1ccc(-n2c(O)c(C=Nc3ccc(O)cc3)c3ccccc3c2=O)cc1OC. The zero-order chi connectivity index (χ0) is 22.0. The molecule has 0 spiro atoms. The summed E-state index contributed by atoms with van der Waals surface area (Å²) in [6.07, 6.45) is 1.50. The minimum Gasteiger partial charge on any atom is -0.508 e. The summed E-state index contributed by atoms with van der Waals surface area (Å²) in [6, 6.07) is 18.3. The molecule has 0 saturated carbocycles. The molecule has 7 nitrogen and oxygen atoms in total. The molecular formula is C24H20N2O5. The van der Waals surface area contributed by atoms with Gasteiger partial charge in [0.2, 0.25) is 5.88 Å². The Labute approximate surface area is 178 Å². The van der Waals surface area contributed by atoms with Crippen molar-refractivity contribution in [2.24, 2.45) is 4.99 Å². The van der Waals surface area contributed by atoms with Crippen LogP contribution in [0.3, 0.4) is 0 Å². The molecular weight excluding hydrogens is 396 g/mol. The van der Waals surface area contributed by atoms with Crippen LogP contribution < -0.4 is 15.0 Å². The smallest absolute Gasteiger partial charge is 0.265 e. The Balaban J connectivity index is 1.95. The molecule has 3 aromatic carbocycles. The first-order valence-electron chi connectivity index (χ1n) is 9.45. The highest BCUT2D eigenvalue weighted by molar-refractivity contribution is 6.02. The van der Waals surface area contributed by atoms with Crippen molar-refractivity contribution in [1.29, 1.82) is 0 Å². The molecule has 0 saturated heterocycles. The molecule has 0 fully saturated rings. The summed E-state index contributed by atoms with van der Waals surface area (Å²) in [5, 5.41) is 21.6. The van der Waals surface area contributed by atoms with E-state index in [1.165, 1.54) is 37.1 Å². The first-order valence-corrected chi connectivity index (χ1v) is 9.45. The number of nitrogens with zero attached hydrogens (tertiary/aromatic N) is 2. The minimum absolute atomic E-state index is 0.134. The fourth-order valence-corrected chi connectivity index (χ4v) is 3.37. The number of hydrogen-bond acceptors (Lipinski definition) is 6. The van der Waals surface area contributed by atoms with E-state index in [0.717, 1.165) is 0 Å². The first-order chi connectivity index (χ1) is 15.0. The van der Waals surface area contributed by atoms with Crippen LogP contribution in [0.2, 0.25) is 0 Å². The van der Waals surface area contributed by atoms with Gasteiger partial charge in [-0.25, -0.2) is 4.57 Å². The molecule has 4 rings (SSSR count). The Morgan fingerprint density at radius 1 is 0.871 bits per heavy atom. The molecule has 0 radical (unpaired) electrons. The fourth-order valence-electron chi connectivity index (χ4n) is 3.37. The molecule has 0 bridgehead atoms. The second-order valence-electron chi connectivity index (χ2n) is 6.74. The third kappa shape index (κ3) is 3.69. The number of fused-ring (bicyclic) bond motifs is 1. The Morgan fingerprint density at radius 2 is 1.55 bits per heavy atom. The lowest BCUT2D eigenvalue weighted by molar-refractivity contribution is 0.354. The van der Waals surface area contributed by atoms with E-state index in [2.05, 4.69) is 4.99 Å². The maximum atomic E-state index is 13.2. The molecule has 2 N–H and O–H groups in total. The lowest BCUT2D eigenvalue weighted by atomic mass is 10.1. The average Bonchev–Trinajstić information content (AvgIpc) is 2.80.